The first-order chi connectivity index (χ1) is 18.0. The molecule has 1 aromatic carbocycles. The lowest BCUT2D eigenvalue weighted by atomic mass is 10.0. The van der Waals surface area contributed by atoms with E-state index in [0.717, 1.165) is 19.3 Å². The lowest BCUT2D eigenvalue weighted by molar-refractivity contribution is 0.175. The lowest BCUT2D eigenvalue weighted by Crippen LogP contribution is -2.41. The van der Waals surface area contributed by atoms with Gasteiger partial charge in [-0.3, -0.25) is 9.29 Å². The second kappa shape index (κ2) is 10.1. The molecule has 0 amide bonds. The summed E-state index contributed by atoms with van der Waals surface area (Å²) in [5.74, 6) is 1.02. The van der Waals surface area contributed by atoms with E-state index in [2.05, 4.69) is 24.9 Å². The molecule has 38 heavy (non-hydrogen) atoms. The highest BCUT2D eigenvalue weighted by atomic mass is 32.2. The predicted octanol–water partition coefficient (Wildman–Crippen LogP) is 3.53. The minimum Gasteiger partial charge on any atom is -0.494 e. The van der Waals surface area contributed by atoms with Crippen molar-refractivity contribution in [1.82, 2.24) is 24.7 Å². The molecular weight excluding hydrogens is 517 g/mol. The fraction of sp³-hybridized carbons (Fsp3) is 0.292. The van der Waals surface area contributed by atoms with Gasteiger partial charge in [0.2, 0.25) is 21.8 Å². The number of nitrogens with zero attached hydrogens (tertiary/aromatic N) is 6. The first kappa shape index (κ1) is 26.6. The average Bonchev–Trinajstić information content (AvgIpc) is 3.52. The number of aryl methyl sites for hydroxylation is 1. The number of benzene rings is 1. The molecule has 4 aromatic rings. The average molecular weight is 542 g/mol. The zero-order valence-corrected chi connectivity index (χ0v) is 21.9. The summed E-state index contributed by atoms with van der Waals surface area (Å²) >= 11 is 0. The summed E-state index contributed by atoms with van der Waals surface area (Å²) in [7, 11) is -1.59. The third kappa shape index (κ3) is 4.75. The molecule has 4 rings (SSSR count). The molecule has 0 spiro atoms. The summed E-state index contributed by atoms with van der Waals surface area (Å²) in [5, 5.41) is 15.4. The summed E-state index contributed by atoms with van der Waals surface area (Å²) in [4.78, 5) is 7.68. The largest absolute Gasteiger partial charge is 0.494 e. The van der Waals surface area contributed by atoms with Gasteiger partial charge in [-0.25, -0.2) is 22.8 Å². The van der Waals surface area contributed by atoms with E-state index in [-0.39, 0.29) is 23.0 Å². The van der Waals surface area contributed by atoms with Crippen LogP contribution in [0.4, 0.5) is 10.3 Å². The number of aromatic nitrogens is 5. The minimum absolute atomic E-state index is 0.109. The van der Waals surface area contributed by atoms with E-state index in [1.807, 2.05) is 6.07 Å². The van der Waals surface area contributed by atoms with Gasteiger partial charge in [0, 0.05) is 12.4 Å². The Balaban J connectivity index is 1.83. The number of para-hydroxylation sites is 1. The van der Waals surface area contributed by atoms with Crippen molar-refractivity contribution >= 4 is 16.0 Å². The van der Waals surface area contributed by atoms with Gasteiger partial charge in [-0.05, 0) is 45.0 Å². The molecule has 0 radical (unpaired) electrons. The third-order valence-electron chi connectivity index (χ3n) is 5.93. The standard InChI is InChI=1S/C24H24FN7O5S/c1-14-9-10-19(37-14)21-29-30-23(32(21)20-17(35-4)7-6-8-18(20)36-5)31-38(33,34)15(2)24(3,25)22-27-12-16(11-26)13-28-22/h6-10,12-13,15H,1-5H3,(H,30,31)/t15-,24?/m1/s1. The molecule has 0 aliphatic heterocycles. The van der Waals surface area contributed by atoms with Crippen LogP contribution < -0.4 is 14.2 Å². The Labute approximate surface area is 218 Å². The van der Waals surface area contributed by atoms with E-state index >= 15 is 4.39 Å². The first-order valence-corrected chi connectivity index (χ1v) is 12.7. The molecule has 3 aromatic heterocycles. The van der Waals surface area contributed by atoms with Crippen molar-refractivity contribution in [2.45, 2.75) is 31.7 Å². The van der Waals surface area contributed by atoms with E-state index in [0.29, 0.717) is 23.0 Å². The molecule has 12 nitrogen and oxygen atoms in total. The van der Waals surface area contributed by atoms with Gasteiger partial charge in [0.15, 0.2) is 17.3 Å². The number of anilines is 1. The Morgan fingerprint density at radius 2 is 1.76 bits per heavy atom. The van der Waals surface area contributed by atoms with Crippen LogP contribution in [0.2, 0.25) is 0 Å². The van der Waals surface area contributed by atoms with Crippen molar-refractivity contribution in [2.75, 3.05) is 18.9 Å². The quantitative estimate of drug-likeness (QED) is 0.332. The maximum atomic E-state index is 15.9. The number of ether oxygens (including phenoxy) is 2. The highest BCUT2D eigenvalue weighted by Gasteiger charge is 2.45. The highest BCUT2D eigenvalue weighted by molar-refractivity contribution is 7.93. The van der Waals surface area contributed by atoms with Crippen LogP contribution in [0.15, 0.2) is 47.1 Å². The Morgan fingerprint density at radius 3 is 2.29 bits per heavy atom. The van der Waals surface area contributed by atoms with Gasteiger partial charge in [-0.1, -0.05) is 6.07 Å². The van der Waals surface area contributed by atoms with Crippen LogP contribution in [-0.2, 0) is 15.7 Å². The van der Waals surface area contributed by atoms with Crippen molar-refractivity contribution in [3.05, 3.63) is 59.9 Å². The monoisotopic (exact) mass is 541 g/mol. The van der Waals surface area contributed by atoms with Crippen LogP contribution in [0, 0.1) is 18.3 Å². The Kier molecular flexibility index (Phi) is 7.05. The smallest absolute Gasteiger partial charge is 0.243 e. The van der Waals surface area contributed by atoms with Gasteiger partial charge in [-0.2, -0.15) is 5.26 Å². The number of rotatable bonds is 9. The molecule has 198 valence electrons. The summed E-state index contributed by atoms with van der Waals surface area (Å²) in [6.07, 6.45) is 2.24. The molecule has 0 saturated heterocycles. The molecule has 0 fully saturated rings. The van der Waals surface area contributed by atoms with Gasteiger partial charge in [0.05, 0.1) is 19.8 Å². The summed E-state index contributed by atoms with van der Waals surface area (Å²) in [5.41, 5.74) is -2.14. The highest BCUT2D eigenvalue weighted by Crippen LogP contribution is 2.39. The summed E-state index contributed by atoms with van der Waals surface area (Å²) in [6.45, 7) is 3.96. The van der Waals surface area contributed by atoms with Crippen LogP contribution in [0.5, 0.6) is 11.5 Å². The summed E-state index contributed by atoms with van der Waals surface area (Å²) in [6, 6.07) is 10.2. The van der Waals surface area contributed by atoms with Crippen LogP contribution in [-0.4, -0.2) is 52.6 Å². The molecule has 1 N–H and O–H groups in total. The molecule has 0 aliphatic rings. The molecule has 0 aliphatic carbocycles. The molecular formula is C24H24FN7O5S. The fourth-order valence-electron chi connectivity index (χ4n) is 3.66. The Morgan fingerprint density at radius 1 is 1.13 bits per heavy atom. The zero-order valence-electron chi connectivity index (χ0n) is 21.1. The Bertz CT molecular complexity index is 1590. The van der Waals surface area contributed by atoms with Crippen molar-refractivity contribution in [3.8, 4) is 34.8 Å². The molecule has 0 bridgehead atoms. The van der Waals surface area contributed by atoms with E-state index in [4.69, 9.17) is 19.2 Å². The SMILES string of the molecule is COc1cccc(OC)c1-n1c(NS(=O)(=O)[C@H](C)C(C)(F)c2ncc(C#N)cn2)nnc1-c1ccc(C)o1. The van der Waals surface area contributed by atoms with E-state index in [1.54, 1.807) is 37.3 Å². The Hall–Kier alpha value is -4.51. The molecule has 0 saturated carbocycles. The minimum atomic E-state index is -4.47. The number of hydrogen-bond acceptors (Lipinski definition) is 10. The molecule has 14 heteroatoms. The first-order valence-electron chi connectivity index (χ1n) is 11.2. The number of methoxy groups -OCH3 is 2. The number of sulfonamides is 1. The van der Waals surface area contributed by atoms with Crippen LogP contribution in [0.25, 0.3) is 17.3 Å². The molecule has 3 heterocycles. The van der Waals surface area contributed by atoms with Crippen LogP contribution in [0.1, 0.15) is 31.0 Å². The third-order valence-corrected chi connectivity index (χ3v) is 7.77. The number of hydrogen-bond donors (Lipinski definition) is 1. The number of nitrogens with one attached hydrogen (secondary N) is 1. The van der Waals surface area contributed by atoms with Crippen molar-refractivity contribution < 1.29 is 26.7 Å². The van der Waals surface area contributed by atoms with Gasteiger partial charge in [-0.15, -0.1) is 10.2 Å². The normalized spacial score (nSPS) is 13.8. The fourth-order valence-corrected chi connectivity index (χ4v) is 4.91. The van der Waals surface area contributed by atoms with Gasteiger partial charge in [0.1, 0.15) is 34.3 Å². The second-order valence-electron chi connectivity index (χ2n) is 8.38. The van der Waals surface area contributed by atoms with Gasteiger partial charge >= 0.3 is 0 Å². The maximum absolute atomic E-state index is 15.9. The van der Waals surface area contributed by atoms with E-state index in [9.17, 15) is 8.42 Å². The molecule has 1 unspecified atom stereocenters. The number of alkyl halides is 1. The van der Waals surface area contributed by atoms with Crippen molar-refractivity contribution in [2.24, 2.45) is 0 Å². The van der Waals surface area contributed by atoms with Crippen molar-refractivity contribution in [1.29, 1.82) is 5.26 Å². The van der Waals surface area contributed by atoms with E-state index < -0.39 is 26.8 Å². The zero-order chi connectivity index (χ0) is 27.7. The number of furan rings is 1. The van der Waals surface area contributed by atoms with Crippen LogP contribution in [0.3, 0.4) is 0 Å². The second-order valence-corrected chi connectivity index (χ2v) is 10.4. The number of nitriles is 1. The van der Waals surface area contributed by atoms with Gasteiger partial charge < -0.3 is 13.9 Å². The van der Waals surface area contributed by atoms with E-state index in [1.165, 1.54) is 25.7 Å². The molecule has 2 atom stereocenters. The van der Waals surface area contributed by atoms with Gasteiger partial charge in [0.25, 0.3) is 0 Å². The lowest BCUT2D eigenvalue weighted by Gasteiger charge is -2.26. The van der Waals surface area contributed by atoms with Crippen LogP contribution >= 0.6 is 0 Å². The maximum Gasteiger partial charge on any atom is 0.243 e. The summed E-state index contributed by atoms with van der Waals surface area (Å²) < 4.78 is 63.2. The predicted molar refractivity (Wildman–Crippen MR) is 134 cm³/mol. The number of halogens is 1. The van der Waals surface area contributed by atoms with Crippen molar-refractivity contribution in [3.63, 3.8) is 0 Å². The topological polar surface area (TPSA) is 158 Å².